The van der Waals surface area contributed by atoms with Crippen molar-refractivity contribution >= 4 is 0 Å². The average Bonchev–Trinajstić information content (AvgIpc) is 3.03. The van der Waals surface area contributed by atoms with E-state index in [0.717, 1.165) is 19.0 Å². The van der Waals surface area contributed by atoms with E-state index in [0.29, 0.717) is 16.9 Å². The zero-order chi connectivity index (χ0) is 15.1. The molecular formula is C19H35NO. The van der Waals surface area contributed by atoms with Crippen LogP contribution in [0.1, 0.15) is 79.1 Å². The molecule has 0 aliphatic heterocycles. The maximum atomic E-state index is 6.92. The second-order valence-corrected chi connectivity index (χ2v) is 8.78. The van der Waals surface area contributed by atoms with Crippen LogP contribution in [0.3, 0.4) is 0 Å². The van der Waals surface area contributed by atoms with Crippen molar-refractivity contribution in [3.63, 3.8) is 0 Å². The molecule has 2 nitrogen and oxygen atoms in total. The molecule has 2 bridgehead atoms. The Morgan fingerprint density at radius 3 is 2.33 bits per heavy atom. The van der Waals surface area contributed by atoms with Gasteiger partial charge in [0.2, 0.25) is 0 Å². The third-order valence-corrected chi connectivity index (χ3v) is 7.49. The molecule has 0 aromatic carbocycles. The first-order valence-corrected chi connectivity index (χ1v) is 9.32. The molecule has 3 unspecified atom stereocenters. The van der Waals surface area contributed by atoms with E-state index in [1.165, 1.54) is 51.4 Å². The van der Waals surface area contributed by atoms with Gasteiger partial charge in [-0.1, -0.05) is 40.5 Å². The second kappa shape index (κ2) is 5.53. The lowest BCUT2D eigenvalue weighted by molar-refractivity contribution is -0.139. The summed E-state index contributed by atoms with van der Waals surface area (Å²) in [4.78, 5) is 0. The Hall–Kier alpha value is -0.0800. The van der Waals surface area contributed by atoms with Crippen LogP contribution in [0.2, 0.25) is 0 Å². The van der Waals surface area contributed by atoms with Crippen molar-refractivity contribution < 1.29 is 4.74 Å². The van der Waals surface area contributed by atoms with Crippen molar-refractivity contribution in [2.24, 2.45) is 16.7 Å². The quantitative estimate of drug-likeness (QED) is 0.726. The second-order valence-electron chi connectivity index (χ2n) is 8.78. The molecule has 1 N–H and O–H groups in total. The van der Waals surface area contributed by atoms with Crippen LogP contribution in [0.15, 0.2) is 0 Å². The first kappa shape index (κ1) is 15.8. The highest BCUT2D eigenvalue weighted by Crippen LogP contribution is 2.66. The van der Waals surface area contributed by atoms with E-state index in [9.17, 15) is 0 Å². The van der Waals surface area contributed by atoms with Gasteiger partial charge in [-0.15, -0.1) is 0 Å². The largest absolute Gasteiger partial charge is 0.370 e. The van der Waals surface area contributed by atoms with Gasteiger partial charge in [0.1, 0.15) is 0 Å². The van der Waals surface area contributed by atoms with Crippen LogP contribution >= 0.6 is 0 Å². The molecule has 3 fully saturated rings. The summed E-state index contributed by atoms with van der Waals surface area (Å²) in [6.45, 7) is 11.9. The number of nitrogens with one attached hydrogen (secondary N) is 1. The molecule has 3 aliphatic rings. The lowest BCUT2D eigenvalue weighted by atomic mass is 9.70. The fourth-order valence-corrected chi connectivity index (χ4v) is 5.46. The van der Waals surface area contributed by atoms with Crippen molar-refractivity contribution in [2.75, 3.05) is 13.1 Å². The van der Waals surface area contributed by atoms with Crippen LogP contribution in [-0.2, 0) is 4.74 Å². The maximum absolute atomic E-state index is 6.92. The van der Waals surface area contributed by atoms with Crippen molar-refractivity contribution in [2.45, 2.75) is 90.8 Å². The maximum Gasteiger partial charge on any atom is 0.0810 e. The molecule has 0 aromatic heterocycles. The SMILES string of the molecule is CCCNCC1(OC2CC3CCC2(C)C3(C)C)CCCC1. The first-order valence-electron chi connectivity index (χ1n) is 9.32. The van der Waals surface area contributed by atoms with E-state index < -0.39 is 0 Å². The zero-order valence-electron chi connectivity index (χ0n) is 14.6. The molecule has 0 radical (unpaired) electrons. The van der Waals surface area contributed by atoms with E-state index in [1.807, 2.05) is 0 Å². The fourth-order valence-electron chi connectivity index (χ4n) is 5.46. The summed E-state index contributed by atoms with van der Waals surface area (Å²) in [6.07, 6.45) is 11.0. The van der Waals surface area contributed by atoms with E-state index in [-0.39, 0.29) is 5.60 Å². The summed E-state index contributed by atoms with van der Waals surface area (Å²) in [5, 5.41) is 3.64. The Bertz CT molecular complexity index is 372. The third-order valence-electron chi connectivity index (χ3n) is 7.49. The summed E-state index contributed by atoms with van der Waals surface area (Å²) in [6, 6.07) is 0. The van der Waals surface area contributed by atoms with Crippen molar-refractivity contribution in [3.8, 4) is 0 Å². The molecule has 0 aromatic rings. The van der Waals surface area contributed by atoms with Gasteiger partial charge in [0.15, 0.2) is 0 Å². The lowest BCUT2D eigenvalue weighted by Crippen LogP contribution is -2.48. The molecular weight excluding hydrogens is 258 g/mol. The van der Waals surface area contributed by atoms with Crippen LogP contribution in [0.4, 0.5) is 0 Å². The van der Waals surface area contributed by atoms with E-state index in [2.05, 4.69) is 33.0 Å². The Balaban J connectivity index is 1.70. The van der Waals surface area contributed by atoms with Crippen molar-refractivity contribution in [3.05, 3.63) is 0 Å². The molecule has 0 heterocycles. The highest BCUT2D eigenvalue weighted by atomic mass is 16.5. The minimum absolute atomic E-state index is 0.142. The summed E-state index contributed by atoms with van der Waals surface area (Å²) in [5.41, 5.74) is 1.01. The number of hydrogen-bond acceptors (Lipinski definition) is 2. The highest BCUT2D eigenvalue weighted by molar-refractivity contribution is 5.12. The number of fused-ring (bicyclic) bond motifs is 2. The standard InChI is InChI=1S/C19H35NO/c1-5-12-20-14-19(9-6-7-10-19)21-16-13-15-8-11-18(16,4)17(15,2)3/h15-16,20H,5-14H2,1-4H3. The van der Waals surface area contributed by atoms with Gasteiger partial charge in [0.05, 0.1) is 11.7 Å². The lowest BCUT2D eigenvalue weighted by Gasteiger charge is -2.43. The van der Waals surface area contributed by atoms with Gasteiger partial charge >= 0.3 is 0 Å². The van der Waals surface area contributed by atoms with Gasteiger partial charge in [-0.25, -0.2) is 0 Å². The highest BCUT2D eigenvalue weighted by Gasteiger charge is 2.63. The normalized spacial score (nSPS) is 40.0. The number of ether oxygens (including phenoxy) is 1. The molecule has 3 rings (SSSR count). The summed E-state index contributed by atoms with van der Waals surface area (Å²) in [5.74, 6) is 0.884. The Morgan fingerprint density at radius 1 is 1.10 bits per heavy atom. The predicted molar refractivity (Wildman–Crippen MR) is 88.5 cm³/mol. The zero-order valence-corrected chi connectivity index (χ0v) is 14.6. The third kappa shape index (κ3) is 2.47. The van der Waals surface area contributed by atoms with Crippen LogP contribution < -0.4 is 5.32 Å². The van der Waals surface area contributed by atoms with Gasteiger partial charge in [-0.05, 0) is 61.8 Å². The summed E-state index contributed by atoms with van der Waals surface area (Å²) >= 11 is 0. The Kier molecular flexibility index (Phi) is 4.16. The monoisotopic (exact) mass is 293 g/mol. The van der Waals surface area contributed by atoms with Gasteiger partial charge in [-0.3, -0.25) is 0 Å². The minimum Gasteiger partial charge on any atom is -0.370 e. The van der Waals surface area contributed by atoms with Gasteiger partial charge in [0.25, 0.3) is 0 Å². The van der Waals surface area contributed by atoms with Crippen molar-refractivity contribution in [1.29, 1.82) is 0 Å². The van der Waals surface area contributed by atoms with Gasteiger partial charge < -0.3 is 10.1 Å². The van der Waals surface area contributed by atoms with Crippen LogP contribution in [-0.4, -0.2) is 24.8 Å². The van der Waals surface area contributed by atoms with E-state index in [4.69, 9.17) is 4.74 Å². The fraction of sp³-hybridized carbons (Fsp3) is 1.00. The summed E-state index contributed by atoms with van der Waals surface area (Å²) in [7, 11) is 0. The minimum atomic E-state index is 0.142. The first-order chi connectivity index (χ1) is 9.94. The smallest absolute Gasteiger partial charge is 0.0810 e. The summed E-state index contributed by atoms with van der Waals surface area (Å²) < 4.78 is 6.92. The topological polar surface area (TPSA) is 21.3 Å². The van der Waals surface area contributed by atoms with Gasteiger partial charge in [-0.2, -0.15) is 0 Å². The van der Waals surface area contributed by atoms with Gasteiger partial charge in [0, 0.05) is 6.54 Å². The molecule has 122 valence electrons. The molecule has 0 spiro atoms. The molecule has 3 aliphatic carbocycles. The molecule has 3 atom stereocenters. The van der Waals surface area contributed by atoms with Crippen LogP contribution in [0.25, 0.3) is 0 Å². The van der Waals surface area contributed by atoms with Crippen molar-refractivity contribution in [1.82, 2.24) is 5.32 Å². The van der Waals surface area contributed by atoms with Crippen LogP contribution in [0.5, 0.6) is 0 Å². The Labute approximate surface area is 131 Å². The molecule has 3 saturated carbocycles. The molecule has 0 saturated heterocycles. The number of hydrogen-bond donors (Lipinski definition) is 1. The molecule has 21 heavy (non-hydrogen) atoms. The van der Waals surface area contributed by atoms with E-state index >= 15 is 0 Å². The molecule has 2 heteroatoms. The average molecular weight is 293 g/mol. The Morgan fingerprint density at radius 2 is 1.81 bits per heavy atom. The van der Waals surface area contributed by atoms with E-state index in [1.54, 1.807) is 0 Å². The molecule has 0 amide bonds. The number of rotatable bonds is 6. The predicted octanol–water partition coefficient (Wildman–Crippen LogP) is 4.53. The van der Waals surface area contributed by atoms with Crippen LogP contribution in [0, 0.1) is 16.7 Å².